The zero-order valence-electron chi connectivity index (χ0n) is 11.6. The van der Waals surface area contributed by atoms with Crippen molar-refractivity contribution >= 4 is 10.9 Å². The second-order valence-electron chi connectivity index (χ2n) is 5.32. The summed E-state index contributed by atoms with van der Waals surface area (Å²) in [6.07, 6.45) is -4.85. The fraction of sp³-hybridized carbons (Fsp3) is 0.400. The fourth-order valence-corrected chi connectivity index (χ4v) is 2.76. The molecule has 2 heterocycles. The van der Waals surface area contributed by atoms with Crippen molar-refractivity contribution in [3.8, 4) is 0 Å². The van der Waals surface area contributed by atoms with Crippen molar-refractivity contribution in [1.82, 2.24) is 4.57 Å². The van der Waals surface area contributed by atoms with Gasteiger partial charge in [-0.25, -0.2) is 0 Å². The summed E-state index contributed by atoms with van der Waals surface area (Å²) in [5.74, 6) is 0. The van der Waals surface area contributed by atoms with Crippen molar-refractivity contribution in [2.45, 2.75) is 30.6 Å². The van der Waals surface area contributed by atoms with E-state index < -0.39 is 37.3 Å². The van der Waals surface area contributed by atoms with E-state index >= 15 is 0 Å². The van der Waals surface area contributed by atoms with Crippen molar-refractivity contribution in [2.75, 3.05) is 6.61 Å². The molecular formula is C15H17NO6. The van der Waals surface area contributed by atoms with Crippen LogP contribution in [0.4, 0.5) is 0 Å². The maximum Gasteiger partial charge on any atom is 0.189 e. The van der Waals surface area contributed by atoms with Gasteiger partial charge in [-0.1, -0.05) is 12.1 Å². The third-order valence-corrected chi connectivity index (χ3v) is 3.98. The average Bonchev–Trinajstić information content (AvgIpc) is 2.54. The molecule has 2 aromatic rings. The van der Waals surface area contributed by atoms with Crippen molar-refractivity contribution < 1.29 is 25.2 Å². The number of rotatable bonds is 2. The van der Waals surface area contributed by atoms with Gasteiger partial charge in [0.1, 0.15) is 24.4 Å². The van der Waals surface area contributed by atoms with Gasteiger partial charge in [0.05, 0.1) is 12.1 Å². The van der Waals surface area contributed by atoms with E-state index in [2.05, 4.69) is 0 Å². The van der Waals surface area contributed by atoms with Gasteiger partial charge in [0.15, 0.2) is 11.7 Å². The van der Waals surface area contributed by atoms with E-state index in [-0.39, 0.29) is 5.43 Å². The highest BCUT2D eigenvalue weighted by Crippen LogP contribution is 2.30. The molecule has 1 fully saturated rings. The summed E-state index contributed by atoms with van der Waals surface area (Å²) in [6.45, 7) is -0.500. The summed E-state index contributed by atoms with van der Waals surface area (Å²) in [7, 11) is 0. The summed E-state index contributed by atoms with van der Waals surface area (Å²) >= 11 is 0. The predicted molar refractivity (Wildman–Crippen MR) is 77.2 cm³/mol. The second kappa shape index (κ2) is 5.79. The molecule has 0 amide bonds. The molecule has 0 bridgehead atoms. The van der Waals surface area contributed by atoms with E-state index in [0.717, 1.165) is 0 Å². The van der Waals surface area contributed by atoms with Gasteiger partial charge in [-0.2, -0.15) is 0 Å². The van der Waals surface area contributed by atoms with Crippen LogP contribution in [-0.2, 0) is 4.74 Å². The normalized spacial score (nSPS) is 32.3. The molecule has 0 spiro atoms. The van der Waals surface area contributed by atoms with Crippen LogP contribution in [0.1, 0.15) is 6.23 Å². The van der Waals surface area contributed by atoms with Crippen LogP contribution in [0, 0.1) is 0 Å². The molecule has 22 heavy (non-hydrogen) atoms. The summed E-state index contributed by atoms with van der Waals surface area (Å²) in [6, 6.07) is 8.14. The smallest absolute Gasteiger partial charge is 0.189 e. The molecule has 0 saturated carbocycles. The van der Waals surface area contributed by atoms with Gasteiger partial charge in [0, 0.05) is 17.6 Å². The van der Waals surface area contributed by atoms with Crippen LogP contribution in [0.5, 0.6) is 0 Å². The highest BCUT2D eigenvalue weighted by atomic mass is 16.6. The Bertz CT molecular complexity index is 727. The Labute approximate surface area is 125 Å². The van der Waals surface area contributed by atoms with E-state index in [4.69, 9.17) is 4.74 Å². The Balaban J connectivity index is 2.10. The standard InChI is InChI=1S/C15H17NO6/c17-7-11-12(19)13(20)14(21)15(22-11)16-6-5-10(18)8-3-1-2-4-9(8)16/h1-6,11-15,17,19-21H,7H2/t11?,12-,13+,14?,15+/m1/s1. The van der Waals surface area contributed by atoms with Crippen LogP contribution in [0.2, 0.25) is 0 Å². The van der Waals surface area contributed by atoms with Gasteiger partial charge in [-0.15, -0.1) is 0 Å². The number of fused-ring (bicyclic) bond motifs is 1. The van der Waals surface area contributed by atoms with Crippen molar-refractivity contribution in [2.24, 2.45) is 0 Å². The van der Waals surface area contributed by atoms with Crippen molar-refractivity contribution in [1.29, 1.82) is 0 Å². The predicted octanol–water partition coefficient (Wildman–Crippen LogP) is -1.03. The average molecular weight is 307 g/mol. The van der Waals surface area contributed by atoms with Crippen LogP contribution >= 0.6 is 0 Å². The molecule has 1 aliphatic rings. The van der Waals surface area contributed by atoms with E-state index in [1.807, 2.05) is 0 Å². The third kappa shape index (κ3) is 2.33. The zero-order valence-corrected chi connectivity index (χ0v) is 11.6. The van der Waals surface area contributed by atoms with Crippen molar-refractivity contribution in [3.63, 3.8) is 0 Å². The lowest BCUT2D eigenvalue weighted by molar-refractivity contribution is -0.250. The van der Waals surface area contributed by atoms with Crippen LogP contribution in [0.25, 0.3) is 10.9 Å². The molecule has 7 nitrogen and oxygen atoms in total. The van der Waals surface area contributed by atoms with E-state index in [0.29, 0.717) is 10.9 Å². The van der Waals surface area contributed by atoms with Crippen LogP contribution in [0.15, 0.2) is 41.3 Å². The maximum absolute atomic E-state index is 11.9. The molecule has 4 N–H and O–H groups in total. The number of hydrogen-bond acceptors (Lipinski definition) is 6. The molecule has 1 aromatic carbocycles. The van der Waals surface area contributed by atoms with Gasteiger partial charge in [0.2, 0.25) is 0 Å². The molecule has 2 unspecified atom stereocenters. The number of nitrogens with zero attached hydrogens (tertiary/aromatic N) is 1. The molecule has 1 saturated heterocycles. The number of benzene rings is 1. The molecule has 3 rings (SSSR count). The highest BCUT2D eigenvalue weighted by Gasteiger charge is 2.44. The largest absolute Gasteiger partial charge is 0.394 e. The summed E-state index contributed by atoms with van der Waals surface area (Å²) in [5, 5.41) is 39.6. The number of ether oxygens (including phenoxy) is 1. The molecule has 0 radical (unpaired) electrons. The van der Waals surface area contributed by atoms with Crippen LogP contribution in [0.3, 0.4) is 0 Å². The lowest BCUT2D eigenvalue weighted by Gasteiger charge is -2.41. The van der Waals surface area contributed by atoms with Crippen LogP contribution in [-0.4, -0.2) is 56.0 Å². The van der Waals surface area contributed by atoms with E-state index in [9.17, 15) is 25.2 Å². The number of para-hydroxylation sites is 1. The van der Waals surface area contributed by atoms with Crippen molar-refractivity contribution in [3.05, 3.63) is 46.8 Å². The first-order valence-corrected chi connectivity index (χ1v) is 6.95. The topological polar surface area (TPSA) is 112 Å². The van der Waals surface area contributed by atoms with E-state index in [1.165, 1.54) is 16.8 Å². The molecule has 1 aliphatic heterocycles. The van der Waals surface area contributed by atoms with Gasteiger partial charge in [-0.05, 0) is 12.1 Å². The van der Waals surface area contributed by atoms with Crippen LogP contribution < -0.4 is 5.43 Å². The number of pyridine rings is 1. The molecule has 118 valence electrons. The minimum atomic E-state index is -1.46. The summed E-state index contributed by atoms with van der Waals surface area (Å²) in [4.78, 5) is 11.9. The quantitative estimate of drug-likeness (QED) is 0.565. The first-order valence-electron chi connectivity index (χ1n) is 6.95. The Kier molecular flexibility index (Phi) is 3.98. The maximum atomic E-state index is 11.9. The number of hydrogen-bond donors (Lipinski definition) is 4. The number of aliphatic hydroxyl groups excluding tert-OH is 4. The lowest BCUT2D eigenvalue weighted by atomic mass is 9.98. The summed E-state index contributed by atoms with van der Waals surface area (Å²) in [5.41, 5.74) is 0.357. The number of aromatic nitrogens is 1. The highest BCUT2D eigenvalue weighted by molar-refractivity contribution is 5.78. The molecule has 7 heteroatoms. The molecule has 5 atom stereocenters. The van der Waals surface area contributed by atoms with Gasteiger partial charge in [0.25, 0.3) is 0 Å². The first-order chi connectivity index (χ1) is 10.5. The van der Waals surface area contributed by atoms with Gasteiger partial charge < -0.3 is 29.7 Å². The fourth-order valence-electron chi connectivity index (χ4n) is 2.76. The Morgan fingerprint density at radius 3 is 2.50 bits per heavy atom. The number of aliphatic hydroxyl groups is 4. The third-order valence-electron chi connectivity index (χ3n) is 3.98. The molecule has 0 aliphatic carbocycles. The van der Waals surface area contributed by atoms with Gasteiger partial charge in [-0.3, -0.25) is 4.79 Å². The zero-order chi connectivity index (χ0) is 15.9. The second-order valence-corrected chi connectivity index (χ2v) is 5.32. The Morgan fingerprint density at radius 1 is 1.05 bits per heavy atom. The summed E-state index contributed by atoms with van der Waals surface area (Å²) < 4.78 is 7.03. The minimum absolute atomic E-state index is 0.170. The SMILES string of the molecule is O=c1ccn([C@H]2OC(CO)[C@@H](O)[C@H](O)C2O)c2ccccc12. The lowest BCUT2D eigenvalue weighted by Crippen LogP contribution is -2.56. The minimum Gasteiger partial charge on any atom is -0.394 e. The first kappa shape index (κ1) is 15.1. The molecule has 1 aromatic heterocycles. The van der Waals surface area contributed by atoms with E-state index in [1.54, 1.807) is 24.3 Å². The Morgan fingerprint density at radius 2 is 1.77 bits per heavy atom. The molecular weight excluding hydrogens is 290 g/mol. The Hall–Kier alpha value is -1.77. The van der Waals surface area contributed by atoms with Gasteiger partial charge >= 0.3 is 0 Å². The monoisotopic (exact) mass is 307 g/mol.